The third-order valence-corrected chi connectivity index (χ3v) is 4.74. The number of aliphatic carboxylic acids is 1. The van der Waals surface area contributed by atoms with Crippen LogP contribution in [0.3, 0.4) is 0 Å². The fourth-order valence-electron chi connectivity index (χ4n) is 3.29. The van der Waals surface area contributed by atoms with Crippen LogP contribution in [0.5, 0.6) is 0 Å². The largest absolute Gasteiger partial charge is 0.479 e. The molecule has 0 saturated carbocycles. The van der Waals surface area contributed by atoms with Crippen LogP contribution in [0.15, 0.2) is 24.3 Å². The first-order chi connectivity index (χ1) is 12.0. The smallest absolute Gasteiger partial charge is 0.334 e. The number of carbonyl (C=O) groups excluding carboxylic acids is 2. The molecular weight excluding hydrogens is 324 g/mol. The van der Waals surface area contributed by atoms with Gasteiger partial charge in [0, 0.05) is 19.5 Å². The minimum absolute atomic E-state index is 0.0250. The van der Waals surface area contributed by atoms with Gasteiger partial charge in [-0.15, -0.1) is 0 Å². The van der Waals surface area contributed by atoms with E-state index in [4.69, 9.17) is 9.84 Å². The van der Waals surface area contributed by atoms with Crippen molar-refractivity contribution in [3.63, 3.8) is 0 Å². The minimum atomic E-state index is -1.07. The van der Waals surface area contributed by atoms with Crippen LogP contribution >= 0.6 is 0 Å². The number of likely N-dealkylation sites (tertiary alicyclic amines) is 1. The van der Waals surface area contributed by atoms with E-state index in [1.807, 2.05) is 31.2 Å². The first-order valence-electron chi connectivity index (χ1n) is 8.44. The Kier molecular flexibility index (Phi) is 5.03. The molecule has 1 N–H and O–H groups in total. The number of carboxylic acids is 1. The Morgan fingerprint density at radius 3 is 2.68 bits per heavy atom. The highest BCUT2D eigenvalue weighted by molar-refractivity contribution is 5.91. The van der Waals surface area contributed by atoms with Crippen LogP contribution in [0, 0.1) is 6.92 Å². The zero-order chi connectivity index (χ0) is 18.0. The second kappa shape index (κ2) is 7.23. The van der Waals surface area contributed by atoms with Gasteiger partial charge in [0.1, 0.15) is 6.04 Å². The summed E-state index contributed by atoms with van der Waals surface area (Å²) >= 11 is 0. The van der Waals surface area contributed by atoms with Crippen molar-refractivity contribution in [2.45, 2.75) is 38.5 Å². The average Bonchev–Trinajstić information content (AvgIpc) is 2.97. The van der Waals surface area contributed by atoms with Crippen molar-refractivity contribution in [1.29, 1.82) is 0 Å². The van der Waals surface area contributed by atoms with Crippen molar-refractivity contribution in [1.82, 2.24) is 9.80 Å². The Hall–Kier alpha value is -2.41. The van der Waals surface area contributed by atoms with E-state index >= 15 is 0 Å². The summed E-state index contributed by atoms with van der Waals surface area (Å²) in [6.07, 6.45) is -0.187. The highest BCUT2D eigenvalue weighted by atomic mass is 16.5. The Balaban J connectivity index is 1.71. The van der Waals surface area contributed by atoms with Crippen LogP contribution in [0.1, 0.15) is 24.0 Å². The Morgan fingerprint density at radius 2 is 2.00 bits per heavy atom. The summed E-state index contributed by atoms with van der Waals surface area (Å²) in [6, 6.07) is 7.34. The number of aryl methyl sites for hydroxylation is 1. The molecule has 0 unspecified atom stereocenters. The number of carbonyl (C=O) groups is 3. The van der Waals surface area contributed by atoms with Crippen LogP contribution in [0.25, 0.3) is 0 Å². The predicted octanol–water partition coefficient (Wildman–Crippen LogP) is 0.798. The van der Waals surface area contributed by atoms with E-state index in [1.54, 1.807) is 4.90 Å². The van der Waals surface area contributed by atoms with E-state index < -0.39 is 18.1 Å². The number of ether oxygens (including phenoxy) is 1. The molecule has 2 heterocycles. The van der Waals surface area contributed by atoms with E-state index in [-0.39, 0.29) is 25.0 Å². The Morgan fingerprint density at radius 1 is 1.28 bits per heavy atom. The maximum Gasteiger partial charge on any atom is 0.334 e. The molecule has 2 fully saturated rings. The highest BCUT2D eigenvalue weighted by Crippen LogP contribution is 2.24. The van der Waals surface area contributed by atoms with Crippen molar-refractivity contribution < 1.29 is 24.2 Å². The van der Waals surface area contributed by atoms with Crippen molar-refractivity contribution in [2.24, 2.45) is 0 Å². The third-order valence-electron chi connectivity index (χ3n) is 4.74. The normalized spacial score (nSPS) is 23.8. The molecule has 2 amide bonds. The molecule has 25 heavy (non-hydrogen) atoms. The van der Waals surface area contributed by atoms with Gasteiger partial charge in [0.25, 0.3) is 0 Å². The second-order valence-corrected chi connectivity index (χ2v) is 6.54. The molecule has 0 spiro atoms. The van der Waals surface area contributed by atoms with Gasteiger partial charge in [-0.1, -0.05) is 29.8 Å². The number of hydrogen-bond acceptors (Lipinski definition) is 4. The number of hydrogen-bond donors (Lipinski definition) is 1. The Labute approximate surface area is 146 Å². The number of rotatable bonds is 4. The number of benzene rings is 1. The lowest BCUT2D eigenvalue weighted by Crippen LogP contribution is -2.54. The first-order valence-corrected chi connectivity index (χ1v) is 8.44. The Bertz CT molecular complexity index is 673. The highest BCUT2D eigenvalue weighted by Gasteiger charge is 2.40. The maximum absolute atomic E-state index is 12.9. The predicted molar refractivity (Wildman–Crippen MR) is 88.7 cm³/mol. The molecule has 0 aliphatic carbocycles. The number of carboxylic acid groups (broad SMARTS) is 1. The van der Waals surface area contributed by atoms with Crippen molar-refractivity contribution in [3.05, 3.63) is 35.4 Å². The van der Waals surface area contributed by atoms with Gasteiger partial charge < -0.3 is 19.6 Å². The molecule has 0 radical (unpaired) electrons. The van der Waals surface area contributed by atoms with Crippen molar-refractivity contribution in [2.75, 3.05) is 19.7 Å². The zero-order valence-corrected chi connectivity index (χ0v) is 14.2. The summed E-state index contributed by atoms with van der Waals surface area (Å²) in [5, 5.41) is 9.09. The molecule has 134 valence electrons. The molecule has 0 bridgehead atoms. The first kappa shape index (κ1) is 17.4. The molecule has 2 aliphatic heterocycles. The summed E-state index contributed by atoms with van der Waals surface area (Å²) in [6.45, 7) is 2.96. The van der Waals surface area contributed by atoms with Gasteiger partial charge in [0.05, 0.1) is 13.2 Å². The van der Waals surface area contributed by atoms with Crippen LogP contribution < -0.4 is 0 Å². The van der Waals surface area contributed by atoms with Crippen LogP contribution in [0.4, 0.5) is 0 Å². The van der Waals surface area contributed by atoms with Gasteiger partial charge in [0.15, 0.2) is 6.10 Å². The number of morpholine rings is 1. The molecule has 2 atom stereocenters. The van der Waals surface area contributed by atoms with E-state index in [9.17, 15) is 14.4 Å². The molecule has 3 rings (SSSR count). The standard InChI is InChI=1S/C18H22N2O5/c1-12-2-4-13(5-3-12)10-20-14(6-7-16(20)21)17(22)19-8-9-25-15(11-19)18(23)24/h2-5,14-15H,6-11H2,1H3,(H,23,24)/t14-,15-/m0/s1. The van der Waals surface area contributed by atoms with E-state index in [2.05, 4.69) is 0 Å². The third kappa shape index (κ3) is 3.82. The summed E-state index contributed by atoms with van der Waals surface area (Å²) in [5.41, 5.74) is 2.11. The second-order valence-electron chi connectivity index (χ2n) is 6.54. The van der Waals surface area contributed by atoms with Gasteiger partial charge in [-0.05, 0) is 18.9 Å². The molecule has 1 aromatic rings. The van der Waals surface area contributed by atoms with E-state index in [0.717, 1.165) is 11.1 Å². The maximum atomic E-state index is 12.9. The lowest BCUT2D eigenvalue weighted by Gasteiger charge is -2.34. The molecule has 0 aromatic heterocycles. The molecule has 7 heteroatoms. The van der Waals surface area contributed by atoms with Gasteiger partial charge >= 0.3 is 5.97 Å². The molecular formula is C18H22N2O5. The SMILES string of the molecule is Cc1ccc(CN2C(=O)CC[C@H]2C(=O)N2CCO[C@H](C(=O)O)C2)cc1. The summed E-state index contributed by atoms with van der Waals surface area (Å²) in [4.78, 5) is 39.3. The molecule has 2 saturated heterocycles. The van der Waals surface area contributed by atoms with Gasteiger partial charge in [-0.2, -0.15) is 0 Å². The van der Waals surface area contributed by atoms with Crippen molar-refractivity contribution in [3.8, 4) is 0 Å². The van der Waals surface area contributed by atoms with Crippen molar-refractivity contribution >= 4 is 17.8 Å². The van der Waals surface area contributed by atoms with Gasteiger partial charge in [-0.3, -0.25) is 9.59 Å². The van der Waals surface area contributed by atoms with E-state index in [0.29, 0.717) is 25.9 Å². The molecule has 7 nitrogen and oxygen atoms in total. The monoisotopic (exact) mass is 346 g/mol. The number of amides is 2. The molecule has 2 aliphatic rings. The molecule has 1 aromatic carbocycles. The summed E-state index contributed by atoms with van der Waals surface area (Å²) in [7, 11) is 0. The average molecular weight is 346 g/mol. The fourth-order valence-corrected chi connectivity index (χ4v) is 3.29. The quantitative estimate of drug-likeness (QED) is 0.871. The number of nitrogens with zero attached hydrogens (tertiary/aromatic N) is 2. The van der Waals surface area contributed by atoms with Gasteiger partial charge in [0.2, 0.25) is 11.8 Å². The lowest BCUT2D eigenvalue weighted by molar-refractivity contribution is -0.161. The topological polar surface area (TPSA) is 87.2 Å². The van der Waals surface area contributed by atoms with E-state index in [1.165, 1.54) is 4.90 Å². The van der Waals surface area contributed by atoms with Crippen LogP contribution in [-0.4, -0.2) is 64.5 Å². The van der Waals surface area contributed by atoms with Crippen LogP contribution in [-0.2, 0) is 25.7 Å². The van der Waals surface area contributed by atoms with Gasteiger partial charge in [-0.25, -0.2) is 4.79 Å². The summed E-state index contributed by atoms with van der Waals surface area (Å²) in [5.74, 6) is -1.30. The zero-order valence-electron chi connectivity index (χ0n) is 14.2. The summed E-state index contributed by atoms with van der Waals surface area (Å²) < 4.78 is 5.16. The van der Waals surface area contributed by atoms with Crippen LogP contribution in [0.2, 0.25) is 0 Å². The fraction of sp³-hybridized carbons (Fsp3) is 0.500. The lowest BCUT2D eigenvalue weighted by atomic mass is 10.1. The minimum Gasteiger partial charge on any atom is -0.479 e.